The predicted octanol–water partition coefficient (Wildman–Crippen LogP) is 6.15. The normalized spacial score (nSPS) is 10.6. The van der Waals surface area contributed by atoms with Crippen LogP contribution in [0.1, 0.15) is 15.2 Å². The summed E-state index contributed by atoms with van der Waals surface area (Å²) in [5, 5.41) is 26.0. The lowest BCUT2D eigenvalue weighted by atomic mass is 10.1. The largest absolute Gasteiger partial charge is 0.506 e. The molecule has 0 saturated heterocycles. The Kier molecular flexibility index (Phi) is 6.19. The molecule has 0 aliphatic heterocycles. The van der Waals surface area contributed by atoms with Gasteiger partial charge in [-0.15, -0.1) is 21.5 Å². The van der Waals surface area contributed by atoms with E-state index in [4.69, 9.17) is 23.2 Å². The highest BCUT2D eigenvalue weighted by Crippen LogP contribution is 2.39. The fourth-order valence-electron chi connectivity index (χ4n) is 2.63. The molecule has 2 aromatic carbocycles. The molecule has 2 aromatic heterocycles. The van der Waals surface area contributed by atoms with Crippen LogP contribution in [0.5, 0.6) is 5.75 Å². The van der Waals surface area contributed by atoms with Crippen molar-refractivity contribution in [1.29, 1.82) is 0 Å². The van der Waals surface area contributed by atoms with Gasteiger partial charge in [-0.1, -0.05) is 40.6 Å². The van der Waals surface area contributed by atoms with E-state index in [1.165, 1.54) is 23.5 Å². The Morgan fingerprint density at radius 3 is 2.48 bits per heavy atom. The van der Waals surface area contributed by atoms with Gasteiger partial charge in [0.1, 0.15) is 5.75 Å². The van der Waals surface area contributed by atoms with Crippen molar-refractivity contribution < 1.29 is 14.7 Å². The van der Waals surface area contributed by atoms with Crippen LogP contribution in [0.15, 0.2) is 53.9 Å². The molecule has 0 unspecified atom stereocenters. The van der Waals surface area contributed by atoms with Gasteiger partial charge in [-0.3, -0.25) is 10.1 Å². The summed E-state index contributed by atoms with van der Waals surface area (Å²) in [6.07, 6.45) is 0. The fraction of sp³-hybridized carbons (Fsp3) is 0. The standard InChI is InChI=1S/C20H12Cl2N4O3S2/c21-11-8-13(17(28)14(22)9-11)18-25-26-20(31-18)24-19(29)23-12-5-3-10(4-6-12)16(27)15-2-1-7-30-15/h1-9,28H,(H2,23,24,26,29). The van der Waals surface area contributed by atoms with E-state index in [0.717, 1.165) is 11.3 Å². The van der Waals surface area contributed by atoms with Gasteiger partial charge >= 0.3 is 6.03 Å². The fourth-order valence-corrected chi connectivity index (χ4v) is 4.56. The Balaban J connectivity index is 1.41. The average Bonchev–Trinajstić information content (AvgIpc) is 3.43. The number of phenolic OH excluding ortho intramolecular Hbond substituents is 1. The van der Waals surface area contributed by atoms with Crippen LogP contribution in [0.3, 0.4) is 0 Å². The number of rotatable bonds is 5. The summed E-state index contributed by atoms with van der Waals surface area (Å²) in [6.45, 7) is 0. The third-order valence-corrected chi connectivity index (χ3v) is 6.30. The highest BCUT2D eigenvalue weighted by Gasteiger charge is 2.16. The number of carbonyl (C=O) groups excluding carboxylic acids is 2. The van der Waals surface area contributed by atoms with Crippen molar-refractivity contribution in [3.05, 3.63) is 74.4 Å². The molecule has 0 spiro atoms. The summed E-state index contributed by atoms with van der Waals surface area (Å²) >= 11 is 14.3. The molecule has 4 aromatic rings. The number of nitrogens with zero attached hydrogens (tertiary/aromatic N) is 2. The molecule has 0 bridgehead atoms. The van der Waals surface area contributed by atoms with Crippen molar-refractivity contribution in [2.45, 2.75) is 0 Å². The first-order valence-electron chi connectivity index (χ1n) is 8.69. The summed E-state index contributed by atoms with van der Waals surface area (Å²) in [7, 11) is 0. The number of nitrogens with one attached hydrogen (secondary N) is 2. The maximum Gasteiger partial charge on any atom is 0.325 e. The molecule has 7 nitrogen and oxygen atoms in total. The second-order valence-corrected chi connectivity index (χ2v) is 8.93. The SMILES string of the molecule is O=C(Nc1ccc(C(=O)c2cccs2)cc1)Nc1nnc(-c2cc(Cl)cc(Cl)c2O)s1. The van der Waals surface area contributed by atoms with E-state index in [9.17, 15) is 14.7 Å². The first-order chi connectivity index (χ1) is 14.9. The highest BCUT2D eigenvalue weighted by molar-refractivity contribution is 7.18. The number of benzene rings is 2. The monoisotopic (exact) mass is 490 g/mol. The van der Waals surface area contributed by atoms with E-state index in [2.05, 4.69) is 20.8 Å². The zero-order valence-corrected chi connectivity index (χ0v) is 18.6. The number of ketones is 1. The van der Waals surface area contributed by atoms with Crippen LogP contribution < -0.4 is 10.6 Å². The highest BCUT2D eigenvalue weighted by atomic mass is 35.5. The van der Waals surface area contributed by atoms with Gasteiger partial charge < -0.3 is 10.4 Å². The first kappa shape index (κ1) is 21.3. The molecule has 156 valence electrons. The number of phenols is 1. The molecule has 0 aliphatic carbocycles. The summed E-state index contributed by atoms with van der Waals surface area (Å²) < 4.78 is 0. The van der Waals surface area contributed by atoms with E-state index in [-0.39, 0.29) is 21.7 Å². The van der Waals surface area contributed by atoms with Gasteiger partial charge in [0.2, 0.25) is 10.9 Å². The van der Waals surface area contributed by atoms with E-state index in [1.807, 2.05) is 11.4 Å². The van der Waals surface area contributed by atoms with E-state index >= 15 is 0 Å². The van der Waals surface area contributed by atoms with Gasteiger partial charge in [-0.25, -0.2) is 4.79 Å². The van der Waals surface area contributed by atoms with E-state index in [0.29, 0.717) is 31.7 Å². The number of amides is 2. The van der Waals surface area contributed by atoms with Gasteiger partial charge in [0.25, 0.3) is 0 Å². The lowest BCUT2D eigenvalue weighted by molar-refractivity contribution is 0.104. The summed E-state index contributed by atoms with van der Waals surface area (Å²) in [6, 6.07) is 12.5. The third kappa shape index (κ3) is 4.86. The molecule has 2 amide bonds. The minimum Gasteiger partial charge on any atom is -0.506 e. The number of carbonyl (C=O) groups is 2. The molecule has 3 N–H and O–H groups in total. The molecule has 0 atom stereocenters. The van der Waals surface area contributed by atoms with Gasteiger partial charge in [-0.05, 0) is 47.8 Å². The van der Waals surface area contributed by atoms with Crippen LogP contribution in [0.4, 0.5) is 15.6 Å². The van der Waals surface area contributed by atoms with Gasteiger partial charge in [0.15, 0.2) is 5.01 Å². The van der Waals surface area contributed by atoms with Gasteiger partial charge in [0, 0.05) is 16.3 Å². The van der Waals surface area contributed by atoms with Crippen LogP contribution in [0, 0.1) is 0 Å². The van der Waals surface area contributed by atoms with Crippen LogP contribution in [-0.4, -0.2) is 27.1 Å². The zero-order valence-electron chi connectivity index (χ0n) is 15.4. The number of hydrogen-bond donors (Lipinski definition) is 3. The number of aromatic nitrogens is 2. The van der Waals surface area contributed by atoms with Crippen molar-refractivity contribution in [2.24, 2.45) is 0 Å². The molecule has 2 heterocycles. The predicted molar refractivity (Wildman–Crippen MR) is 124 cm³/mol. The summed E-state index contributed by atoms with van der Waals surface area (Å²) in [4.78, 5) is 25.2. The summed E-state index contributed by atoms with van der Waals surface area (Å²) in [5.41, 5.74) is 1.35. The smallest absolute Gasteiger partial charge is 0.325 e. The molecular weight excluding hydrogens is 479 g/mol. The Morgan fingerprint density at radius 2 is 1.77 bits per heavy atom. The molecule has 0 aliphatic rings. The summed E-state index contributed by atoms with van der Waals surface area (Å²) in [5.74, 6) is -0.243. The zero-order chi connectivity index (χ0) is 22.0. The number of hydrogen-bond acceptors (Lipinski definition) is 7. The molecule has 0 fully saturated rings. The molecule has 11 heteroatoms. The number of thiophene rings is 1. The van der Waals surface area contributed by atoms with Crippen molar-refractivity contribution in [3.8, 4) is 16.3 Å². The van der Waals surface area contributed by atoms with Crippen LogP contribution in [-0.2, 0) is 0 Å². The topological polar surface area (TPSA) is 104 Å². The Labute approximate surface area is 194 Å². The van der Waals surface area contributed by atoms with Crippen molar-refractivity contribution >= 4 is 68.5 Å². The maximum atomic E-state index is 12.3. The van der Waals surface area contributed by atoms with Crippen molar-refractivity contribution in [1.82, 2.24) is 10.2 Å². The van der Waals surface area contributed by atoms with Crippen molar-refractivity contribution in [2.75, 3.05) is 10.6 Å². The van der Waals surface area contributed by atoms with Gasteiger partial charge in [0.05, 0.1) is 15.5 Å². The van der Waals surface area contributed by atoms with Gasteiger partial charge in [-0.2, -0.15) is 0 Å². The number of anilines is 2. The molecule has 0 saturated carbocycles. The van der Waals surface area contributed by atoms with Crippen LogP contribution in [0.2, 0.25) is 10.0 Å². The first-order valence-corrected chi connectivity index (χ1v) is 11.1. The number of halogens is 2. The lowest BCUT2D eigenvalue weighted by Gasteiger charge is -2.06. The van der Waals surface area contributed by atoms with Crippen LogP contribution >= 0.6 is 45.9 Å². The quantitative estimate of drug-likeness (QED) is 0.290. The van der Waals surface area contributed by atoms with E-state index < -0.39 is 6.03 Å². The second kappa shape index (κ2) is 9.03. The molecule has 0 radical (unpaired) electrons. The lowest BCUT2D eigenvalue weighted by Crippen LogP contribution is -2.19. The average molecular weight is 491 g/mol. The maximum absolute atomic E-state index is 12.3. The van der Waals surface area contributed by atoms with Crippen molar-refractivity contribution in [3.63, 3.8) is 0 Å². The minimum absolute atomic E-state index is 0.0724. The molecule has 4 rings (SSSR count). The Bertz CT molecular complexity index is 1260. The number of urea groups is 1. The number of aromatic hydroxyl groups is 1. The van der Waals surface area contributed by atoms with Crippen LogP contribution in [0.25, 0.3) is 10.6 Å². The van der Waals surface area contributed by atoms with E-state index in [1.54, 1.807) is 30.3 Å². The Morgan fingerprint density at radius 1 is 1.00 bits per heavy atom. The minimum atomic E-state index is -0.534. The second-order valence-electron chi connectivity index (χ2n) is 6.16. The molecular formula is C20H12Cl2N4O3S2. The molecule has 31 heavy (non-hydrogen) atoms. The Hall–Kier alpha value is -2.98. The third-order valence-electron chi connectivity index (χ3n) is 4.05.